The molecule has 1 amide bonds. The maximum Gasteiger partial charge on any atom is 0.263 e. The quantitative estimate of drug-likeness (QED) is 0.408. The van der Waals surface area contributed by atoms with E-state index in [-0.39, 0.29) is 23.0 Å². The van der Waals surface area contributed by atoms with Crippen molar-refractivity contribution < 1.29 is 23.7 Å². The Morgan fingerprint density at radius 3 is 2.44 bits per heavy atom. The molecule has 0 saturated carbocycles. The van der Waals surface area contributed by atoms with Crippen molar-refractivity contribution in [2.75, 3.05) is 72.2 Å². The third-order valence-corrected chi connectivity index (χ3v) is 7.09. The van der Waals surface area contributed by atoms with E-state index in [2.05, 4.69) is 21.3 Å². The van der Waals surface area contributed by atoms with E-state index in [0.29, 0.717) is 69.8 Å². The van der Waals surface area contributed by atoms with Crippen molar-refractivity contribution in [3.8, 4) is 34.4 Å². The molecular formula is C24H28N6O5S. The summed E-state index contributed by atoms with van der Waals surface area (Å²) in [5, 5.41) is 13.3. The summed E-state index contributed by atoms with van der Waals surface area (Å²) in [4.78, 5) is 20.4. The second-order valence-electron chi connectivity index (χ2n) is 8.01. The molecule has 0 unspecified atom stereocenters. The van der Waals surface area contributed by atoms with Crippen LogP contribution in [-0.2, 0) is 4.74 Å². The molecule has 1 saturated heterocycles. The predicted molar refractivity (Wildman–Crippen MR) is 138 cm³/mol. The van der Waals surface area contributed by atoms with Crippen LogP contribution < -0.4 is 31.0 Å². The van der Waals surface area contributed by atoms with E-state index >= 15 is 0 Å². The summed E-state index contributed by atoms with van der Waals surface area (Å²) in [6.07, 6.45) is 0. The molecule has 5 N–H and O–H groups in total. The molecule has 4 rings (SSSR count). The molecule has 0 radical (unpaired) electrons. The molecule has 0 atom stereocenters. The number of carbonyl (C=O) groups excluding carboxylic acids is 1. The lowest BCUT2D eigenvalue weighted by Gasteiger charge is -2.26. The number of thiophene rings is 1. The lowest BCUT2D eigenvalue weighted by Crippen LogP contribution is -2.41. The van der Waals surface area contributed by atoms with E-state index in [1.807, 2.05) is 0 Å². The highest BCUT2D eigenvalue weighted by atomic mass is 32.1. The van der Waals surface area contributed by atoms with Gasteiger partial charge in [-0.2, -0.15) is 5.26 Å². The van der Waals surface area contributed by atoms with Crippen LogP contribution in [0, 0.1) is 11.3 Å². The highest BCUT2D eigenvalue weighted by Crippen LogP contribution is 2.47. The van der Waals surface area contributed by atoms with Crippen molar-refractivity contribution in [1.82, 2.24) is 15.2 Å². The van der Waals surface area contributed by atoms with Gasteiger partial charge in [0.15, 0.2) is 11.5 Å². The van der Waals surface area contributed by atoms with Crippen molar-refractivity contribution >= 4 is 39.0 Å². The molecule has 11 nitrogen and oxygen atoms in total. The van der Waals surface area contributed by atoms with E-state index in [0.717, 1.165) is 24.4 Å². The number of aromatic nitrogens is 1. The molecule has 1 aliphatic rings. The number of fused-ring (bicyclic) bond motifs is 1. The molecule has 0 spiro atoms. The summed E-state index contributed by atoms with van der Waals surface area (Å²) in [5.74, 6) is 0.924. The van der Waals surface area contributed by atoms with E-state index in [1.54, 1.807) is 12.1 Å². The number of anilines is 2. The van der Waals surface area contributed by atoms with Crippen LogP contribution in [-0.4, -0.2) is 76.5 Å². The van der Waals surface area contributed by atoms with Gasteiger partial charge in [0, 0.05) is 37.1 Å². The first kappa shape index (κ1) is 25.3. The molecule has 0 aliphatic carbocycles. The van der Waals surface area contributed by atoms with Crippen LogP contribution in [0.1, 0.15) is 15.2 Å². The van der Waals surface area contributed by atoms with Crippen LogP contribution in [0.25, 0.3) is 21.3 Å². The van der Waals surface area contributed by atoms with Crippen LogP contribution in [0.2, 0.25) is 0 Å². The van der Waals surface area contributed by atoms with Crippen molar-refractivity contribution in [3.05, 3.63) is 22.6 Å². The fourth-order valence-corrected chi connectivity index (χ4v) is 5.23. The summed E-state index contributed by atoms with van der Waals surface area (Å²) < 4.78 is 21.7. The zero-order valence-corrected chi connectivity index (χ0v) is 21.2. The topological polar surface area (TPSA) is 158 Å². The van der Waals surface area contributed by atoms with Crippen LogP contribution in [0.5, 0.6) is 17.2 Å². The normalized spacial score (nSPS) is 13.8. The Kier molecular flexibility index (Phi) is 7.64. The molecule has 190 valence electrons. The number of ether oxygens (including phenoxy) is 4. The van der Waals surface area contributed by atoms with Gasteiger partial charge in [-0.15, -0.1) is 11.3 Å². The number of rotatable bonds is 8. The summed E-state index contributed by atoms with van der Waals surface area (Å²) in [7, 11) is 4.51. The van der Waals surface area contributed by atoms with Crippen molar-refractivity contribution in [1.29, 1.82) is 5.26 Å². The van der Waals surface area contributed by atoms with E-state index in [9.17, 15) is 10.1 Å². The zero-order chi connectivity index (χ0) is 25.8. The minimum absolute atomic E-state index is 0.0364. The van der Waals surface area contributed by atoms with Crippen LogP contribution in [0.15, 0.2) is 12.1 Å². The van der Waals surface area contributed by atoms with E-state index in [4.69, 9.17) is 30.4 Å². The molecule has 1 aromatic carbocycles. The molecule has 2 aromatic heterocycles. The number of hydrogen-bond donors (Lipinski definition) is 3. The summed E-state index contributed by atoms with van der Waals surface area (Å²) in [6.45, 7) is 4.22. The number of pyridine rings is 1. The van der Waals surface area contributed by atoms with Gasteiger partial charge >= 0.3 is 0 Å². The second kappa shape index (κ2) is 10.9. The van der Waals surface area contributed by atoms with Crippen LogP contribution >= 0.6 is 11.3 Å². The average Bonchev–Trinajstić information content (AvgIpc) is 3.22. The first-order valence-electron chi connectivity index (χ1n) is 11.2. The fourth-order valence-electron chi connectivity index (χ4n) is 4.20. The summed E-state index contributed by atoms with van der Waals surface area (Å²) in [5.41, 5.74) is 14.0. The molecule has 1 aliphatic heterocycles. The Hall–Kier alpha value is -3.79. The molecule has 36 heavy (non-hydrogen) atoms. The SMILES string of the molecule is COc1cc(-c2c(C#N)c(N)nc3sc(C(=O)NCCN4CCOCC4)c(N)c23)cc(OC)c1OC. The van der Waals surface area contributed by atoms with Crippen molar-refractivity contribution in [3.63, 3.8) is 0 Å². The van der Waals surface area contributed by atoms with Gasteiger partial charge in [0.25, 0.3) is 5.91 Å². The van der Waals surface area contributed by atoms with Gasteiger partial charge in [-0.1, -0.05) is 0 Å². The van der Waals surface area contributed by atoms with Gasteiger partial charge in [-0.3, -0.25) is 9.69 Å². The highest BCUT2D eigenvalue weighted by Gasteiger charge is 2.26. The Morgan fingerprint density at radius 1 is 1.19 bits per heavy atom. The van der Waals surface area contributed by atoms with Gasteiger partial charge in [0.2, 0.25) is 5.75 Å². The van der Waals surface area contributed by atoms with Gasteiger partial charge in [0.1, 0.15) is 27.2 Å². The average molecular weight is 513 g/mol. The number of nitrogen functional groups attached to an aromatic ring is 2. The number of benzene rings is 1. The van der Waals surface area contributed by atoms with Gasteiger partial charge in [-0.05, 0) is 17.7 Å². The molecule has 3 aromatic rings. The second-order valence-corrected chi connectivity index (χ2v) is 9.01. The van der Waals surface area contributed by atoms with Crippen molar-refractivity contribution in [2.45, 2.75) is 0 Å². The van der Waals surface area contributed by atoms with Crippen molar-refractivity contribution in [2.24, 2.45) is 0 Å². The molecule has 3 heterocycles. The van der Waals surface area contributed by atoms with E-state index in [1.165, 1.54) is 21.3 Å². The first-order valence-corrected chi connectivity index (χ1v) is 12.0. The zero-order valence-electron chi connectivity index (χ0n) is 20.3. The Labute approximate surface area is 212 Å². The number of morpholine rings is 1. The summed E-state index contributed by atoms with van der Waals surface area (Å²) in [6, 6.07) is 5.53. The lowest BCUT2D eigenvalue weighted by atomic mass is 9.96. The minimum atomic E-state index is -0.309. The number of nitrogens with one attached hydrogen (secondary N) is 1. The Morgan fingerprint density at radius 2 is 1.86 bits per heavy atom. The number of methoxy groups -OCH3 is 3. The smallest absolute Gasteiger partial charge is 0.263 e. The van der Waals surface area contributed by atoms with E-state index < -0.39 is 0 Å². The fraction of sp³-hybridized carbons (Fsp3) is 0.375. The monoisotopic (exact) mass is 512 g/mol. The molecule has 12 heteroatoms. The number of amides is 1. The largest absolute Gasteiger partial charge is 0.493 e. The van der Waals surface area contributed by atoms with Gasteiger partial charge < -0.3 is 35.7 Å². The van der Waals surface area contributed by atoms with Gasteiger partial charge in [0.05, 0.1) is 40.2 Å². The van der Waals surface area contributed by atoms with Gasteiger partial charge in [-0.25, -0.2) is 4.98 Å². The summed E-state index contributed by atoms with van der Waals surface area (Å²) >= 11 is 1.13. The molecular weight excluding hydrogens is 484 g/mol. The Balaban J connectivity index is 1.77. The number of nitrogens with two attached hydrogens (primary N) is 2. The first-order chi connectivity index (χ1) is 17.4. The highest BCUT2D eigenvalue weighted by molar-refractivity contribution is 7.21. The number of nitrogens with zero attached hydrogens (tertiary/aromatic N) is 3. The Bertz CT molecular complexity index is 1300. The lowest BCUT2D eigenvalue weighted by molar-refractivity contribution is 0.0383. The third-order valence-electron chi connectivity index (χ3n) is 5.99. The maximum absolute atomic E-state index is 13.0. The standard InChI is InChI=1S/C24H28N6O5S/c1-32-15-10-13(11-16(33-2)20(15)34-3)17-14(12-25)22(27)29-24-18(17)19(26)21(36-24)23(31)28-4-5-30-6-8-35-9-7-30/h10-11H,4-9,26H2,1-3H3,(H2,27,29)(H,28,31). The molecule has 1 fully saturated rings. The van der Waals surface area contributed by atoms with Crippen LogP contribution in [0.4, 0.5) is 11.5 Å². The minimum Gasteiger partial charge on any atom is -0.493 e. The molecule has 0 bridgehead atoms. The third kappa shape index (κ3) is 4.68. The predicted octanol–water partition coefficient (Wildman–Crippen LogP) is 2.09. The maximum atomic E-state index is 13.0. The van der Waals surface area contributed by atoms with Crippen LogP contribution in [0.3, 0.4) is 0 Å². The number of nitriles is 1. The number of carbonyl (C=O) groups is 1. The number of hydrogen-bond acceptors (Lipinski definition) is 11.